The van der Waals surface area contributed by atoms with Crippen LogP contribution in [0.2, 0.25) is 0 Å². The average Bonchev–Trinajstić information content (AvgIpc) is 3.16. The van der Waals surface area contributed by atoms with Crippen molar-refractivity contribution in [2.24, 2.45) is 0 Å². The molecule has 0 amide bonds. The number of fused-ring (bicyclic) bond motifs is 1. The summed E-state index contributed by atoms with van der Waals surface area (Å²) in [6, 6.07) is 5.56. The van der Waals surface area contributed by atoms with Crippen molar-refractivity contribution in [3.63, 3.8) is 0 Å². The zero-order valence-electron chi connectivity index (χ0n) is 13.6. The van der Waals surface area contributed by atoms with Crippen LogP contribution in [-0.2, 0) is 6.54 Å². The molecule has 26 heavy (non-hydrogen) atoms. The molecular weight excluding hydrogens is 345 g/mol. The van der Waals surface area contributed by atoms with E-state index in [-0.39, 0.29) is 0 Å². The first-order valence-electron chi connectivity index (χ1n) is 7.77. The Hall–Kier alpha value is -3.23. The molecule has 0 atom stereocenters. The van der Waals surface area contributed by atoms with Gasteiger partial charge in [-0.3, -0.25) is 9.67 Å². The lowest BCUT2D eigenvalue weighted by atomic mass is 10.1. The van der Waals surface area contributed by atoms with Crippen molar-refractivity contribution < 1.29 is 13.2 Å². The molecule has 0 aliphatic carbocycles. The second kappa shape index (κ2) is 5.94. The topological polar surface area (TPSA) is 60.9 Å². The molecule has 4 aromatic heterocycles. The van der Waals surface area contributed by atoms with Gasteiger partial charge in [0.15, 0.2) is 5.65 Å². The van der Waals surface area contributed by atoms with E-state index in [9.17, 15) is 13.2 Å². The maximum absolute atomic E-state index is 12.6. The highest BCUT2D eigenvalue weighted by Crippen LogP contribution is 2.29. The Kier molecular flexibility index (Phi) is 3.71. The third-order valence-electron chi connectivity index (χ3n) is 3.93. The number of rotatable bonds is 3. The number of hydrogen-bond donors (Lipinski definition) is 0. The fourth-order valence-electron chi connectivity index (χ4n) is 2.90. The van der Waals surface area contributed by atoms with Crippen molar-refractivity contribution in [2.75, 3.05) is 0 Å². The van der Waals surface area contributed by atoms with Crippen LogP contribution in [-0.4, -0.2) is 35.5 Å². The highest BCUT2D eigenvalue weighted by atomic mass is 19.4. The quantitative estimate of drug-likeness (QED) is 0.562. The van der Waals surface area contributed by atoms with Gasteiger partial charge in [0.1, 0.15) is 6.54 Å². The fraction of sp³-hybridized carbons (Fsp3) is 0.176. The van der Waals surface area contributed by atoms with E-state index in [0.717, 1.165) is 15.8 Å². The summed E-state index contributed by atoms with van der Waals surface area (Å²) in [6.07, 6.45) is 3.42. The SMILES string of the molecule is Cc1nc2c(-c3ccncc3)ccnn2c1-c1cnn(CC(F)(F)F)c1. The predicted octanol–water partition coefficient (Wildman–Crippen LogP) is 3.53. The fourth-order valence-corrected chi connectivity index (χ4v) is 2.90. The minimum Gasteiger partial charge on any atom is -0.265 e. The van der Waals surface area contributed by atoms with Crippen molar-refractivity contribution >= 4 is 5.65 Å². The minimum atomic E-state index is -4.33. The molecule has 4 rings (SSSR count). The molecule has 6 nitrogen and oxygen atoms in total. The van der Waals surface area contributed by atoms with Gasteiger partial charge in [-0.15, -0.1) is 0 Å². The van der Waals surface area contributed by atoms with Gasteiger partial charge in [-0.2, -0.15) is 23.4 Å². The number of alkyl halides is 3. The second-order valence-corrected chi connectivity index (χ2v) is 5.80. The van der Waals surface area contributed by atoms with Crippen LogP contribution < -0.4 is 0 Å². The largest absolute Gasteiger partial charge is 0.408 e. The van der Waals surface area contributed by atoms with E-state index in [1.165, 1.54) is 12.4 Å². The molecule has 0 saturated heterocycles. The lowest BCUT2D eigenvalue weighted by Crippen LogP contribution is -2.17. The Balaban J connectivity index is 1.84. The Morgan fingerprint density at radius 2 is 1.77 bits per heavy atom. The van der Waals surface area contributed by atoms with Gasteiger partial charge < -0.3 is 0 Å². The number of hydrogen-bond acceptors (Lipinski definition) is 4. The van der Waals surface area contributed by atoms with Crippen molar-refractivity contribution in [1.82, 2.24) is 29.4 Å². The molecule has 0 fully saturated rings. The number of halogens is 3. The monoisotopic (exact) mass is 358 g/mol. The number of nitrogens with zero attached hydrogens (tertiary/aromatic N) is 6. The first-order valence-corrected chi connectivity index (χ1v) is 7.77. The summed E-state index contributed by atoms with van der Waals surface area (Å²) in [4.78, 5) is 8.58. The molecule has 9 heteroatoms. The van der Waals surface area contributed by atoms with Gasteiger partial charge in [-0.25, -0.2) is 9.50 Å². The van der Waals surface area contributed by atoms with Gasteiger partial charge in [0.25, 0.3) is 0 Å². The zero-order chi connectivity index (χ0) is 18.3. The smallest absolute Gasteiger partial charge is 0.265 e. The van der Waals surface area contributed by atoms with Gasteiger partial charge in [-0.05, 0) is 30.7 Å². The lowest BCUT2D eigenvalue weighted by Gasteiger charge is -2.05. The highest BCUT2D eigenvalue weighted by molar-refractivity contribution is 5.79. The zero-order valence-corrected chi connectivity index (χ0v) is 13.6. The standard InChI is InChI=1S/C17H13F3N6/c1-11-15(13-8-23-25(9-13)10-17(18,19)20)26-16(24-11)14(4-7-22-26)12-2-5-21-6-3-12/h2-9H,10H2,1H3. The summed E-state index contributed by atoms with van der Waals surface area (Å²) < 4.78 is 40.2. The van der Waals surface area contributed by atoms with Crippen molar-refractivity contribution in [1.29, 1.82) is 0 Å². The maximum atomic E-state index is 12.6. The Bertz CT molecular complexity index is 1070. The summed E-state index contributed by atoms with van der Waals surface area (Å²) in [7, 11) is 0. The first kappa shape index (κ1) is 16.2. The van der Waals surface area contributed by atoms with Gasteiger partial charge in [-0.1, -0.05) is 0 Å². The van der Waals surface area contributed by atoms with Crippen LogP contribution in [0.4, 0.5) is 13.2 Å². The van der Waals surface area contributed by atoms with E-state index < -0.39 is 12.7 Å². The molecule has 0 radical (unpaired) electrons. The van der Waals surface area contributed by atoms with E-state index in [2.05, 4.69) is 20.2 Å². The molecule has 0 aromatic carbocycles. The third kappa shape index (κ3) is 2.92. The number of imidazole rings is 1. The Morgan fingerprint density at radius 3 is 2.50 bits per heavy atom. The first-order chi connectivity index (χ1) is 12.4. The minimum absolute atomic E-state index is 0.527. The number of aryl methyl sites for hydroxylation is 1. The average molecular weight is 358 g/mol. The highest BCUT2D eigenvalue weighted by Gasteiger charge is 2.28. The Morgan fingerprint density at radius 1 is 1.00 bits per heavy atom. The van der Waals surface area contributed by atoms with Crippen LogP contribution in [0.3, 0.4) is 0 Å². The summed E-state index contributed by atoms with van der Waals surface area (Å²) in [5.74, 6) is 0. The molecule has 0 spiro atoms. The van der Waals surface area contributed by atoms with E-state index in [1.807, 2.05) is 18.2 Å². The molecule has 0 aliphatic rings. The summed E-state index contributed by atoms with van der Waals surface area (Å²) in [5, 5.41) is 8.13. The van der Waals surface area contributed by atoms with E-state index in [0.29, 0.717) is 22.6 Å². The van der Waals surface area contributed by atoms with Crippen LogP contribution in [0.25, 0.3) is 28.0 Å². The van der Waals surface area contributed by atoms with Gasteiger partial charge in [0, 0.05) is 35.9 Å². The molecule has 4 heterocycles. The summed E-state index contributed by atoms with van der Waals surface area (Å²) in [6.45, 7) is 0.653. The Labute approximate surface area is 145 Å². The van der Waals surface area contributed by atoms with Gasteiger partial charge >= 0.3 is 6.18 Å². The van der Waals surface area contributed by atoms with Gasteiger partial charge in [0.05, 0.1) is 17.6 Å². The van der Waals surface area contributed by atoms with Crippen molar-refractivity contribution in [3.8, 4) is 22.4 Å². The lowest BCUT2D eigenvalue weighted by molar-refractivity contribution is -0.142. The van der Waals surface area contributed by atoms with Crippen molar-refractivity contribution in [3.05, 3.63) is 54.9 Å². The molecule has 0 saturated carbocycles. The summed E-state index contributed by atoms with van der Waals surface area (Å²) in [5.41, 5.74) is 4.21. The maximum Gasteiger partial charge on any atom is 0.408 e. The second-order valence-electron chi connectivity index (χ2n) is 5.80. The van der Waals surface area contributed by atoms with E-state index >= 15 is 0 Å². The van der Waals surface area contributed by atoms with Crippen LogP contribution in [0.1, 0.15) is 5.69 Å². The van der Waals surface area contributed by atoms with E-state index in [1.54, 1.807) is 30.0 Å². The van der Waals surface area contributed by atoms with Crippen molar-refractivity contribution in [2.45, 2.75) is 19.6 Å². The molecule has 0 bridgehead atoms. The van der Waals surface area contributed by atoms with E-state index in [4.69, 9.17) is 0 Å². The predicted molar refractivity (Wildman–Crippen MR) is 88.2 cm³/mol. The van der Waals surface area contributed by atoms with Gasteiger partial charge in [0.2, 0.25) is 0 Å². The third-order valence-corrected chi connectivity index (χ3v) is 3.93. The number of aromatic nitrogens is 6. The number of pyridine rings is 1. The molecular formula is C17H13F3N6. The van der Waals surface area contributed by atoms with Crippen LogP contribution in [0.5, 0.6) is 0 Å². The van der Waals surface area contributed by atoms with Crippen LogP contribution in [0, 0.1) is 6.92 Å². The molecule has 4 aromatic rings. The van der Waals surface area contributed by atoms with Crippen LogP contribution >= 0.6 is 0 Å². The normalized spacial score (nSPS) is 12.0. The molecule has 132 valence electrons. The molecule has 0 N–H and O–H groups in total. The molecule has 0 unspecified atom stereocenters. The molecule has 0 aliphatic heterocycles. The summed E-state index contributed by atoms with van der Waals surface area (Å²) >= 11 is 0. The van der Waals surface area contributed by atoms with Crippen LogP contribution in [0.15, 0.2) is 49.2 Å².